The molecule has 10 heavy (non-hydrogen) atoms. The molecule has 0 saturated heterocycles. The fraction of sp³-hybridized carbons (Fsp3) is 0.889. The van der Waals surface area contributed by atoms with Crippen molar-refractivity contribution in [3.63, 3.8) is 0 Å². The zero-order valence-electron chi connectivity index (χ0n) is 6.34. The SMILES string of the molecule is OC1CCC([C]2CC2)CC1. The van der Waals surface area contributed by atoms with Gasteiger partial charge in [0.1, 0.15) is 0 Å². The number of hydrogen-bond donors (Lipinski definition) is 1. The van der Waals surface area contributed by atoms with Crippen molar-refractivity contribution < 1.29 is 5.11 Å². The molecule has 0 spiro atoms. The summed E-state index contributed by atoms with van der Waals surface area (Å²) in [4.78, 5) is 0. The second-order valence-corrected chi connectivity index (χ2v) is 3.66. The van der Waals surface area contributed by atoms with Gasteiger partial charge >= 0.3 is 0 Å². The van der Waals surface area contributed by atoms with Crippen LogP contribution in [0.3, 0.4) is 0 Å². The molecule has 0 aromatic carbocycles. The normalized spacial score (nSPS) is 41.7. The van der Waals surface area contributed by atoms with Crippen molar-refractivity contribution in [3.8, 4) is 0 Å². The minimum Gasteiger partial charge on any atom is -0.393 e. The highest BCUT2D eigenvalue weighted by molar-refractivity contribution is 5.10. The predicted octanol–water partition coefficient (Wildman–Crippen LogP) is 1.91. The third-order valence-corrected chi connectivity index (χ3v) is 2.81. The van der Waals surface area contributed by atoms with Crippen molar-refractivity contribution in [1.82, 2.24) is 0 Å². The Bertz CT molecular complexity index is 110. The van der Waals surface area contributed by atoms with Crippen LogP contribution >= 0.6 is 0 Å². The topological polar surface area (TPSA) is 20.2 Å². The molecule has 2 aliphatic rings. The lowest BCUT2D eigenvalue weighted by Gasteiger charge is -2.24. The highest BCUT2D eigenvalue weighted by Gasteiger charge is 2.33. The monoisotopic (exact) mass is 139 g/mol. The largest absolute Gasteiger partial charge is 0.393 e. The van der Waals surface area contributed by atoms with E-state index in [2.05, 4.69) is 0 Å². The molecule has 1 nitrogen and oxygen atoms in total. The molecule has 2 aliphatic carbocycles. The van der Waals surface area contributed by atoms with Gasteiger partial charge in [-0.25, -0.2) is 0 Å². The van der Waals surface area contributed by atoms with Crippen molar-refractivity contribution in [3.05, 3.63) is 5.92 Å². The van der Waals surface area contributed by atoms with Crippen molar-refractivity contribution in [2.24, 2.45) is 5.92 Å². The van der Waals surface area contributed by atoms with E-state index in [9.17, 15) is 5.11 Å². The molecule has 2 saturated carbocycles. The van der Waals surface area contributed by atoms with Gasteiger partial charge in [-0.1, -0.05) is 0 Å². The van der Waals surface area contributed by atoms with Gasteiger partial charge in [0.25, 0.3) is 0 Å². The van der Waals surface area contributed by atoms with E-state index in [4.69, 9.17) is 0 Å². The summed E-state index contributed by atoms with van der Waals surface area (Å²) in [6.45, 7) is 0. The maximum absolute atomic E-state index is 9.22. The summed E-state index contributed by atoms with van der Waals surface area (Å²) in [6.07, 6.45) is 7.42. The van der Waals surface area contributed by atoms with Crippen LogP contribution in [0.15, 0.2) is 0 Å². The third-order valence-electron chi connectivity index (χ3n) is 2.81. The van der Waals surface area contributed by atoms with Gasteiger partial charge < -0.3 is 5.11 Å². The van der Waals surface area contributed by atoms with Crippen LogP contribution in [0.25, 0.3) is 0 Å². The zero-order valence-corrected chi connectivity index (χ0v) is 6.34. The molecule has 0 atom stereocenters. The Morgan fingerprint density at radius 1 is 1.00 bits per heavy atom. The Morgan fingerprint density at radius 2 is 1.60 bits per heavy atom. The van der Waals surface area contributed by atoms with E-state index in [-0.39, 0.29) is 6.10 Å². The van der Waals surface area contributed by atoms with Crippen LogP contribution in [0.5, 0.6) is 0 Å². The van der Waals surface area contributed by atoms with E-state index in [1.807, 2.05) is 0 Å². The molecule has 2 rings (SSSR count). The fourth-order valence-corrected chi connectivity index (χ4v) is 1.96. The number of aliphatic hydroxyl groups is 1. The average Bonchev–Trinajstić information content (AvgIpc) is 2.71. The first kappa shape index (κ1) is 6.66. The second kappa shape index (κ2) is 2.54. The van der Waals surface area contributed by atoms with E-state index in [0.29, 0.717) is 0 Å². The van der Waals surface area contributed by atoms with Gasteiger partial charge in [0.15, 0.2) is 0 Å². The van der Waals surface area contributed by atoms with Gasteiger partial charge in [-0.3, -0.25) is 0 Å². The lowest BCUT2D eigenvalue weighted by atomic mass is 9.84. The highest BCUT2D eigenvalue weighted by atomic mass is 16.3. The summed E-state index contributed by atoms with van der Waals surface area (Å²) >= 11 is 0. The van der Waals surface area contributed by atoms with Crippen LogP contribution in [-0.2, 0) is 0 Å². The van der Waals surface area contributed by atoms with E-state index in [1.165, 1.54) is 25.7 Å². The Balaban J connectivity index is 1.79. The lowest BCUT2D eigenvalue weighted by molar-refractivity contribution is 0.114. The summed E-state index contributed by atoms with van der Waals surface area (Å²) in [5.74, 6) is 2.69. The zero-order chi connectivity index (χ0) is 6.97. The predicted molar refractivity (Wildman–Crippen MR) is 40.4 cm³/mol. The van der Waals surface area contributed by atoms with Gasteiger partial charge in [0, 0.05) is 0 Å². The molecule has 0 aromatic heterocycles. The minimum atomic E-state index is 0.0237. The second-order valence-electron chi connectivity index (χ2n) is 3.66. The van der Waals surface area contributed by atoms with Crippen LogP contribution < -0.4 is 0 Å². The first-order chi connectivity index (χ1) is 4.86. The number of aliphatic hydroxyl groups excluding tert-OH is 1. The van der Waals surface area contributed by atoms with Crippen molar-refractivity contribution in [1.29, 1.82) is 0 Å². The first-order valence-corrected chi connectivity index (χ1v) is 4.39. The Labute approximate surface area is 62.4 Å². The third kappa shape index (κ3) is 1.34. The molecule has 0 aromatic rings. The quantitative estimate of drug-likeness (QED) is 0.588. The molecule has 1 radical (unpaired) electrons. The van der Waals surface area contributed by atoms with Gasteiger partial charge in [0.05, 0.1) is 6.10 Å². The summed E-state index contributed by atoms with van der Waals surface area (Å²) < 4.78 is 0. The Morgan fingerprint density at radius 3 is 2.10 bits per heavy atom. The van der Waals surface area contributed by atoms with Crippen molar-refractivity contribution in [2.45, 2.75) is 44.6 Å². The molecule has 1 heteroatoms. The molecular formula is C9H15O. The summed E-state index contributed by atoms with van der Waals surface area (Å²) in [6, 6.07) is 0. The van der Waals surface area contributed by atoms with E-state index < -0.39 is 0 Å². The van der Waals surface area contributed by atoms with E-state index in [0.717, 1.165) is 18.8 Å². The Hall–Kier alpha value is -0.0400. The molecular weight excluding hydrogens is 124 g/mol. The first-order valence-electron chi connectivity index (χ1n) is 4.39. The molecule has 0 bridgehead atoms. The van der Waals surface area contributed by atoms with Crippen LogP contribution in [-0.4, -0.2) is 11.2 Å². The Kier molecular flexibility index (Phi) is 1.69. The molecule has 0 aliphatic heterocycles. The maximum Gasteiger partial charge on any atom is 0.0540 e. The average molecular weight is 139 g/mol. The van der Waals surface area contributed by atoms with E-state index >= 15 is 0 Å². The molecule has 0 amide bonds. The van der Waals surface area contributed by atoms with Crippen LogP contribution in [0.1, 0.15) is 38.5 Å². The number of hydrogen-bond acceptors (Lipinski definition) is 1. The lowest BCUT2D eigenvalue weighted by Crippen LogP contribution is -2.18. The maximum atomic E-state index is 9.22. The molecule has 2 fully saturated rings. The fourth-order valence-electron chi connectivity index (χ4n) is 1.96. The molecule has 0 heterocycles. The molecule has 57 valence electrons. The number of rotatable bonds is 1. The highest BCUT2D eigenvalue weighted by Crippen LogP contribution is 2.45. The van der Waals surface area contributed by atoms with Gasteiger partial charge in [-0.2, -0.15) is 0 Å². The summed E-state index contributed by atoms with van der Waals surface area (Å²) in [5.41, 5.74) is 0. The van der Waals surface area contributed by atoms with Gasteiger partial charge in [-0.05, 0) is 50.4 Å². The van der Waals surface area contributed by atoms with Crippen LogP contribution in [0.2, 0.25) is 0 Å². The molecule has 0 unspecified atom stereocenters. The standard InChI is InChI=1S/C9H15O/c10-9-5-3-8(4-6-9)7-1-2-7/h8-10H,1-6H2. The minimum absolute atomic E-state index is 0.0237. The van der Waals surface area contributed by atoms with Gasteiger partial charge in [-0.15, -0.1) is 0 Å². The van der Waals surface area contributed by atoms with E-state index in [1.54, 1.807) is 5.92 Å². The van der Waals surface area contributed by atoms with Crippen LogP contribution in [0, 0.1) is 11.8 Å². The molecule has 1 N–H and O–H groups in total. The van der Waals surface area contributed by atoms with Crippen molar-refractivity contribution >= 4 is 0 Å². The van der Waals surface area contributed by atoms with Gasteiger partial charge in [0.2, 0.25) is 0 Å². The summed E-state index contributed by atoms with van der Waals surface area (Å²) in [7, 11) is 0. The van der Waals surface area contributed by atoms with Crippen molar-refractivity contribution in [2.75, 3.05) is 0 Å². The smallest absolute Gasteiger partial charge is 0.0540 e. The van der Waals surface area contributed by atoms with Crippen LogP contribution in [0.4, 0.5) is 0 Å². The summed E-state index contributed by atoms with van der Waals surface area (Å²) in [5, 5.41) is 9.22.